The van der Waals surface area contributed by atoms with Gasteiger partial charge in [0.15, 0.2) is 0 Å². The molecule has 0 bridgehead atoms. The van der Waals surface area contributed by atoms with Gasteiger partial charge in [-0.15, -0.1) is 0 Å². The molecule has 0 spiro atoms. The van der Waals surface area contributed by atoms with E-state index in [1.54, 1.807) is 0 Å². The summed E-state index contributed by atoms with van der Waals surface area (Å²) in [5.41, 5.74) is 1.84. The van der Waals surface area contributed by atoms with Gasteiger partial charge in [0.1, 0.15) is 0 Å². The van der Waals surface area contributed by atoms with Gasteiger partial charge in [-0.3, -0.25) is 0 Å². The highest BCUT2D eigenvalue weighted by molar-refractivity contribution is 5.46. The van der Waals surface area contributed by atoms with Gasteiger partial charge in [-0.1, -0.05) is 24.8 Å². The van der Waals surface area contributed by atoms with Crippen LogP contribution >= 0.6 is 0 Å². The van der Waals surface area contributed by atoms with Crippen molar-refractivity contribution in [3.63, 3.8) is 0 Å². The molecule has 0 radical (unpaired) electrons. The minimum Gasteiger partial charge on any atom is -0.392 e. The lowest BCUT2D eigenvalue weighted by Crippen LogP contribution is -1.86. The van der Waals surface area contributed by atoms with E-state index in [-0.39, 0.29) is 6.61 Å². The van der Waals surface area contributed by atoms with Crippen molar-refractivity contribution in [2.45, 2.75) is 0 Å². The first kappa shape index (κ1) is 5.32. The van der Waals surface area contributed by atoms with Crippen molar-refractivity contribution in [3.05, 3.63) is 36.0 Å². The smallest absolute Gasteiger partial charge is 0.0687 e. The summed E-state index contributed by atoms with van der Waals surface area (Å²) in [4.78, 5) is 0. The lowest BCUT2D eigenvalue weighted by molar-refractivity contribution is 0.334. The molecule has 0 unspecified atom stereocenters. The van der Waals surface area contributed by atoms with E-state index >= 15 is 0 Å². The predicted octanol–water partition coefficient (Wildman–Crippen LogP) is 1.03. The molecule has 1 N–H and O–H groups in total. The zero-order valence-corrected chi connectivity index (χ0v) is 4.59. The third kappa shape index (κ3) is 0.724. The summed E-state index contributed by atoms with van der Waals surface area (Å²) in [6.07, 6.45) is 5.63. The molecule has 0 saturated carbocycles. The zero-order chi connectivity index (χ0) is 5.98. The molecule has 0 amide bonds. The van der Waals surface area contributed by atoms with Gasteiger partial charge < -0.3 is 5.11 Å². The summed E-state index contributed by atoms with van der Waals surface area (Å²) in [6.45, 7) is 3.79. The van der Waals surface area contributed by atoms with Crippen LogP contribution in [0.5, 0.6) is 0 Å². The van der Waals surface area contributed by atoms with Crippen LogP contribution in [0.2, 0.25) is 0 Å². The summed E-state index contributed by atoms with van der Waals surface area (Å²) in [7, 11) is 0. The topological polar surface area (TPSA) is 20.2 Å². The normalized spacial score (nSPS) is 17.1. The number of rotatable bonds is 1. The molecule has 0 atom stereocenters. The highest BCUT2D eigenvalue weighted by Gasteiger charge is 1.99. The predicted molar refractivity (Wildman–Crippen MR) is 33.4 cm³/mol. The fourth-order valence-corrected chi connectivity index (χ4v) is 0.649. The number of hydrogen-bond donors (Lipinski definition) is 1. The van der Waals surface area contributed by atoms with Crippen molar-refractivity contribution >= 4 is 0 Å². The Kier molecular flexibility index (Phi) is 1.31. The van der Waals surface area contributed by atoms with Crippen LogP contribution in [0.4, 0.5) is 0 Å². The van der Waals surface area contributed by atoms with Gasteiger partial charge in [0.05, 0.1) is 6.61 Å². The summed E-state index contributed by atoms with van der Waals surface area (Å²) >= 11 is 0. The van der Waals surface area contributed by atoms with Crippen molar-refractivity contribution in [2.24, 2.45) is 0 Å². The number of aliphatic hydroxyl groups excluding tert-OH is 1. The first-order valence-electron chi connectivity index (χ1n) is 2.52. The molecule has 8 heavy (non-hydrogen) atoms. The molecule has 0 aromatic rings. The second-order valence-corrected chi connectivity index (χ2v) is 1.73. The third-order valence-electron chi connectivity index (χ3n) is 1.18. The minimum atomic E-state index is 0.103. The fraction of sp³-hybridized carbons (Fsp3) is 0.143. The average Bonchev–Trinajstić information content (AvgIpc) is 2.14. The Morgan fingerprint density at radius 1 is 1.62 bits per heavy atom. The fourth-order valence-electron chi connectivity index (χ4n) is 0.649. The van der Waals surface area contributed by atoms with Crippen molar-refractivity contribution in [2.75, 3.05) is 6.61 Å². The Bertz CT molecular complexity index is 163. The van der Waals surface area contributed by atoms with E-state index in [2.05, 4.69) is 6.58 Å². The van der Waals surface area contributed by atoms with Gasteiger partial charge in [-0.05, 0) is 11.1 Å². The molecule has 0 saturated heterocycles. The van der Waals surface area contributed by atoms with Gasteiger partial charge in [0, 0.05) is 0 Å². The van der Waals surface area contributed by atoms with Gasteiger partial charge in [0.2, 0.25) is 0 Å². The molecule has 42 valence electrons. The molecule has 0 aromatic carbocycles. The second-order valence-electron chi connectivity index (χ2n) is 1.73. The second kappa shape index (κ2) is 1.97. The first-order valence-corrected chi connectivity index (χ1v) is 2.52. The van der Waals surface area contributed by atoms with E-state index in [0.29, 0.717) is 0 Å². The molecule has 1 nitrogen and oxygen atoms in total. The highest BCUT2D eigenvalue weighted by atomic mass is 16.3. The quantitative estimate of drug-likeness (QED) is 0.532. The molecule has 1 aliphatic carbocycles. The zero-order valence-electron chi connectivity index (χ0n) is 4.59. The number of hydrogen-bond acceptors (Lipinski definition) is 1. The Morgan fingerprint density at radius 2 is 2.38 bits per heavy atom. The lowest BCUT2D eigenvalue weighted by Gasteiger charge is -1.93. The van der Waals surface area contributed by atoms with Crippen molar-refractivity contribution in [1.82, 2.24) is 0 Å². The summed E-state index contributed by atoms with van der Waals surface area (Å²) in [5.74, 6) is 0. The minimum absolute atomic E-state index is 0.103. The van der Waals surface area contributed by atoms with Gasteiger partial charge in [0.25, 0.3) is 0 Å². The van der Waals surface area contributed by atoms with Crippen molar-refractivity contribution in [1.29, 1.82) is 0 Å². The maximum absolute atomic E-state index is 8.57. The summed E-state index contributed by atoms with van der Waals surface area (Å²) in [6, 6.07) is 0. The molecular formula is C7H8O. The van der Waals surface area contributed by atoms with E-state index in [1.807, 2.05) is 18.2 Å². The van der Waals surface area contributed by atoms with E-state index in [0.717, 1.165) is 11.1 Å². The molecule has 0 aliphatic heterocycles. The van der Waals surface area contributed by atoms with Gasteiger partial charge in [-0.2, -0.15) is 0 Å². The third-order valence-corrected chi connectivity index (χ3v) is 1.18. The van der Waals surface area contributed by atoms with E-state index in [1.165, 1.54) is 0 Å². The summed E-state index contributed by atoms with van der Waals surface area (Å²) in [5, 5.41) is 8.57. The van der Waals surface area contributed by atoms with Crippen LogP contribution in [0, 0.1) is 0 Å². The molecule has 0 aromatic heterocycles. The largest absolute Gasteiger partial charge is 0.392 e. The molecule has 1 rings (SSSR count). The first-order chi connectivity index (χ1) is 3.84. The van der Waals surface area contributed by atoms with E-state index in [4.69, 9.17) is 5.11 Å². The van der Waals surface area contributed by atoms with Crippen LogP contribution in [0.15, 0.2) is 36.0 Å². The molecule has 0 heterocycles. The number of allylic oxidation sites excluding steroid dienone is 3. The van der Waals surface area contributed by atoms with Crippen LogP contribution in [-0.2, 0) is 0 Å². The Balaban J connectivity index is 2.73. The Hall–Kier alpha value is -0.820. The molecular weight excluding hydrogens is 100 g/mol. The molecule has 1 aliphatic rings. The average molecular weight is 108 g/mol. The lowest BCUT2D eigenvalue weighted by atomic mass is 10.2. The standard InChI is InChI=1S/C7H8O/c1-6-3-2-4-7(6)5-8/h2-4,8H,1,5H2. The van der Waals surface area contributed by atoms with Crippen LogP contribution < -0.4 is 0 Å². The van der Waals surface area contributed by atoms with Crippen LogP contribution in [0.1, 0.15) is 0 Å². The Labute approximate surface area is 48.6 Å². The highest BCUT2D eigenvalue weighted by Crippen LogP contribution is 2.14. The van der Waals surface area contributed by atoms with Gasteiger partial charge in [-0.25, -0.2) is 0 Å². The van der Waals surface area contributed by atoms with E-state index in [9.17, 15) is 0 Å². The van der Waals surface area contributed by atoms with Crippen molar-refractivity contribution in [3.8, 4) is 0 Å². The van der Waals surface area contributed by atoms with E-state index < -0.39 is 0 Å². The van der Waals surface area contributed by atoms with Gasteiger partial charge >= 0.3 is 0 Å². The molecule has 0 fully saturated rings. The van der Waals surface area contributed by atoms with Crippen LogP contribution in [-0.4, -0.2) is 11.7 Å². The number of aliphatic hydroxyl groups is 1. The SMILES string of the molecule is C=C1C=CC=C1CO. The molecule has 1 heteroatoms. The van der Waals surface area contributed by atoms with Crippen molar-refractivity contribution < 1.29 is 5.11 Å². The summed E-state index contributed by atoms with van der Waals surface area (Å²) < 4.78 is 0. The Morgan fingerprint density at radius 3 is 2.62 bits per heavy atom. The maximum atomic E-state index is 8.57. The van der Waals surface area contributed by atoms with Crippen LogP contribution in [0.3, 0.4) is 0 Å². The maximum Gasteiger partial charge on any atom is 0.0687 e. The monoisotopic (exact) mass is 108 g/mol. The van der Waals surface area contributed by atoms with Crippen LogP contribution in [0.25, 0.3) is 0 Å².